The molecular weight excluding hydrogens is 320 g/mol. The van der Waals surface area contributed by atoms with Crippen molar-refractivity contribution < 1.29 is 8.42 Å². The molecule has 1 aliphatic heterocycles. The molecule has 1 aliphatic rings. The molecule has 3 rings (SSSR count). The van der Waals surface area contributed by atoms with E-state index in [9.17, 15) is 8.42 Å². The number of nitrogens with one attached hydrogen (secondary N) is 1. The molecule has 1 heterocycles. The van der Waals surface area contributed by atoms with Crippen molar-refractivity contribution in [2.24, 2.45) is 0 Å². The van der Waals surface area contributed by atoms with E-state index in [-0.39, 0.29) is 6.04 Å². The van der Waals surface area contributed by atoms with E-state index in [1.54, 1.807) is 28.6 Å². The minimum Gasteiger partial charge on any atom is -0.313 e. The van der Waals surface area contributed by atoms with Crippen LogP contribution in [0, 0.1) is 0 Å². The first-order valence-electron chi connectivity index (χ1n) is 8.49. The zero-order chi connectivity index (χ0) is 16.8. The topological polar surface area (TPSA) is 49.4 Å². The van der Waals surface area contributed by atoms with Crippen LogP contribution in [0.4, 0.5) is 0 Å². The molecule has 0 aromatic heterocycles. The van der Waals surface area contributed by atoms with Gasteiger partial charge >= 0.3 is 0 Å². The first kappa shape index (κ1) is 17.1. The van der Waals surface area contributed by atoms with Crippen LogP contribution in [-0.2, 0) is 16.4 Å². The number of hydrogen-bond donors (Lipinski definition) is 1. The van der Waals surface area contributed by atoms with Crippen LogP contribution < -0.4 is 5.32 Å². The first-order valence-corrected chi connectivity index (χ1v) is 9.93. The molecule has 1 fully saturated rings. The number of nitrogens with zero attached hydrogens (tertiary/aromatic N) is 1. The van der Waals surface area contributed by atoms with Crippen LogP contribution in [0.1, 0.15) is 18.4 Å². The molecule has 0 saturated carbocycles. The lowest BCUT2D eigenvalue weighted by atomic mass is 10.1. The van der Waals surface area contributed by atoms with E-state index in [1.807, 2.05) is 36.4 Å². The highest BCUT2D eigenvalue weighted by molar-refractivity contribution is 7.89. The van der Waals surface area contributed by atoms with Gasteiger partial charge in [-0.25, -0.2) is 8.42 Å². The Balaban J connectivity index is 1.78. The van der Waals surface area contributed by atoms with Crippen molar-refractivity contribution >= 4 is 10.0 Å². The molecule has 0 amide bonds. The van der Waals surface area contributed by atoms with Crippen molar-refractivity contribution in [2.75, 3.05) is 19.6 Å². The van der Waals surface area contributed by atoms with Gasteiger partial charge in [0.25, 0.3) is 0 Å². The van der Waals surface area contributed by atoms with Crippen LogP contribution in [0.25, 0.3) is 0 Å². The molecule has 2 aromatic rings. The third-order valence-corrected chi connectivity index (χ3v) is 6.34. The summed E-state index contributed by atoms with van der Waals surface area (Å²) in [6.45, 7) is 2.01. The van der Waals surface area contributed by atoms with Crippen molar-refractivity contribution in [2.45, 2.75) is 30.2 Å². The van der Waals surface area contributed by atoms with E-state index >= 15 is 0 Å². The van der Waals surface area contributed by atoms with Gasteiger partial charge < -0.3 is 5.32 Å². The molecule has 24 heavy (non-hydrogen) atoms. The summed E-state index contributed by atoms with van der Waals surface area (Å²) in [5, 5.41) is 3.40. The standard InChI is InChI=1S/C19H24N2O2S/c22-24(23,19-11-5-2-6-12-19)21(16-18-10-7-14-20-18)15-13-17-8-3-1-4-9-17/h1-6,8-9,11-12,18,20H,7,10,13-16H2/t18-/m0/s1. The van der Waals surface area contributed by atoms with Gasteiger partial charge in [0.1, 0.15) is 0 Å². The van der Waals surface area contributed by atoms with Crippen LogP contribution in [-0.4, -0.2) is 38.4 Å². The van der Waals surface area contributed by atoms with Gasteiger partial charge in [0.05, 0.1) is 4.90 Å². The Labute approximate surface area is 144 Å². The van der Waals surface area contributed by atoms with E-state index in [0.29, 0.717) is 18.0 Å². The number of rotatable bonds is 7. The largest absolute Gasteiger partial charge is 0.313 e. The fraction of sp³-hybridized carbons (Fsp3) is 0.368. The highest BCUT2D eigenvalue weighted by atomic mass is 32.2. The quantitative estimate of drug-likeness (QED) is 0.840. The van der Waals surface area contributed by atoms with E-state index in [0.717, 1.165) is 31.4 Å². The van der Waals surface area contributed by atoms with Crippen molar-refractivity contribution in [3.63, 3.8) is 0 Å². The Morgan fingerprint density at radius 3 is 2.29 bits per heavy atom. The van der Waals surface area contributed by atoms with Gasteiger partial charge in [0.2, 0.25) is 10.0 Å². The van der Waals surface area contributed by atoms with Gasteiger partial charge in [0.15, 0.2) is 0 Å². The maximum atomic E-state index is 13.0. The van der Waals surface area contributed by atoms with E-state index < -0.39 is 10.0 Å². The summed E-state index contributed by atoms with van der Waals surface area (Å²) < 4.78 is 27.7. The Morgan fingerprint density at radius 1 is 1.00 bits per heavy atom. The van der Waals surface area contributed by atoms with E-state index in [1.165, 1.54) is 0 Å². The van der Waals surface area contributed by atoms with Gasteiger partial charge in [0, 0.05) is 19.1 Å². The molecule has 5 heteroatoms. The maximum Gasteiger partial charge on any atom is 0.243 e. The third-order valence-electron chi connectivity index (χ3n) is 4.46. The smallest absolute Gasteiger partial charge is 0.243 e. The normalized spacial score (nSPS) is 18.1. The minimum atomic E-state index is -3.47. The first-order chi connectivity index (χ1) is 11.7. The fourth-order valence-corrected chi connectivity index (χ4v) is 4.62. The van der Waals surface area contributed by atoms with E-state index in [4.69, 9.17) is 0 Å². The highest BCUT2D eigenvalue weighted by Crippen LogP contribution is 2.18. The second kappa shape index (κ2) is 7.92. The van der Waals surface area contributed by atoms with Crippen molar-refractivity contribution in [1.82, 2.24) is 9.62 Å². The Hall–Kier alpha value is -1.69. The van der Waals surface area contributed by atoms with Crippen molar-refractivity contribution in [3.8, 4) is 0 Å². The van der Waals surface area contributed by atoms with Crippen LogP contribution in [0.5, 0.6) is 0 Å². The molecule has 1 atom stereocenters. The molecule has 2 aromatic carbocycles. The zero-order valence-corrected chi connectivity index (χ0v) is 14.6. The van der Waals surface area contributed by atoms with Crippen LogP contribution in [0.3, 0.4) is 0 Å². The lowest BCUT2D eigenvalue weighted by Crippen LogP contribution is -2.42. The number of benzene rings is 2. The summed E-state index contributed by atoms with van der Waals surface area (Å²) >= 11 is 0. The molecule has 1 saturated heterocycles. The van der Waals surface area contributed by atoms with Crippen LogP contribution >= 0.6 is 0 Å². The Morgan fingerprint density at radius 2 is 1.67 bits per heavy atom. The minimum absolute atomic E-state index is 0.249. The van der Waals surface area contributed by atoms with Gasteiger partial charge in [-0.05, 0) is 43.5 Å². The molecule has 4 nitrogen and oxygen atoms in total. The lowest BCUT2D eigenvalue weighted by molar-refractivity contribution is 0.372. The molecular formula is C19H24N2O2S. The van der Waals surface area contributed by atoms with E-state index in [2.05, 4.69) is 5.32 Å². The molecule has 0 bridgehead atoms. The third kappa shape index (κ3) is 4.23. The Kier molecular flexibility index (Phi) is 5.66. The second-order valence-corrected chi connectivity index (χ2v) is 8.14. The molecule has 0 unspecified atom stereocenters. The van der Waals surface area contributed by atoms with Gasteiger partial charge in [-0.1, -0.05) is 48.5 Å². The van der Waals surface area contributed by atoms with Gasteiger partial charge in [-0.2, -0.15) is 4.31 Å². The summed E-state index contributed by atoms with van der Waals surface area (Å²) in [4.78, 5) is 0.371. The Bertz CT molecular complexity index is 726. The summed E-state index contributed by atoms with van der Waals surface area (Å²) in [7, 11) is -3.47. The van der Waals surface area contributed by atoms with Crippen LogP contribution in [0.2, 0.25) is 0 Å². The molecule has 0 spiro atoms. The van der Waals surface area contributed by atoms with Crippen LogP contribution in [0.15, 0.2) is 65.6 Å². The molecule has 0 aliphatic carbocycles. The second-order valence-electron chi connectivity index (χ2n) is 6.20. The van der Waals surface area contributed by atoms with Gasteiger partial charge in [-0.3, -0.25) is 0 Å². The fourth-order valence-electron chi connectivity index (χ4n) is 3.11. The predicted molar refractivity (Wildman–Crippen MR) is 96.4 cm³/mol. The lowest BCUT2D eigenvalue weighted by Gasteiger charge is -2.25. The summed E-state index contributed by atoms with van der Waals surface area (Å²) in [5.41, 5.74) is 1.16. The zero-order valence-electron chi connectivity index (χ0n) is 13.8. The summed E-state index contributed by atoms with van der Waals surface area (Å²) in [6, 6.07) is 19.0. The van der Waals surface area contributed by atoms with Crippen molar-refractivity contribution in [3.05, 3.63) is 66.2 Å². The number of hydrogen-bond acceptors (Lipinski definition) is 3. The van der Waals surface area contributed by atoms with Gasteiger partial charge in [-0.15, -0.1) is 0 Å². The average Bonchev–Trinajstić information content (AvgIpc) is 3.13. The van der Waals surface area contributed by atoms with Crippen molar-refractivity contribution in [1.29, 1.82) is 0 Å². The molecule has 1 N–H and O–H groups in total. The SMILES string of the molecule is O=S(=O)(c1ccccc1)N(CCc1ccccc1)C[C@@H]1CCCN1. The molecule has 128 valence electrons. The average molecular weight is 344 g/mol. The monoisotopic (exact) mass is 344 g/mol. The number of sulfonamides is 1. The highest BCUT2D eigenvalue weighted by Gasteiger charge is 2.27. The summed E-state index contributed by atoms with van der Waals surface area (Å²) in [5.74, 6) is 0. The molecule has 0 radical (unpaired) electrons. The maximum absolute atomic E-state index is 13.0. The predicted octanol–water partition coefficient (Wildman–Crippen LogP) is 2.67. The summed E-state index contributed by atoms with van der Waals surface area (Å²) in [6.07, 6.45) is 2.87.